The molecule has 1 fully saturated rings. The van der Waals surface area contributed by atoms with Crippen LogP contribution in [0.3, 0.4) is 0 Å². The highest BCUT2D eigenvalue weighted by Gasteiger charge is 2.52. The van der Waals surface area contributed by atoms with Crippen LogP contribution in [0.4, 0.5) is 10.5 Å². The number of rotatable bonds is 2. The van der Waals surface area contributed by atoms with Gasteiger partial charge < -0.3 is 14.6 Å². The van der Waals surface area contributed by atoms with Crippen molar-refractivity contribution in [3.8, 4) is 0 Å². The van der Waals surface area contributed by atoms with Gasteiger partial charge in [0.2, 0.25) is 5.60 Å². The van der Waals surface area contributed by atoms with Crippen molar-refractivity contribution in [2.24, 2.45) is 0 Å². The van der Waals surface area contributed by atoms with Crippen LogP contribution in [0.5, 0.6) is 0 Å². The van der Waals surface area contributed by atoms with Crippen LogP contribution >= 0.6 is 23.2 Å². The number of halogens is 2. The lowest BCUT2D eigenvalue weighted by atomic mass is 10.1. The Balaban J connectivity index is 2.49. The van der Waals surface area contributed by atoms with Gasteiger partial charge in [-0.1, -0.05) is 23.2 Å². The average Bonchev–Trinajstić information content (AvgIpc) is 2.49. The summed E-state index contributed by atoms with van der Waals surface area (Å²) in [5, 5.41) is 11.3. The van der Waals surface area contributed by atoms with Crippen LogP contribution in [0.25, 0.3) is 0 Å². The van der Waals surface area contributed by atoms with E-state index in [0.717, 1.165) is 6.92 Å². The molecule has 1 atom stereocenters. The summed E-state index contributed by atoms with van der Waals surface area (Å²) in [6, 6.07) is 3.97. The van der Waals surface area contributed by atoms with E-state index in [2.05, 4.69) is 4.74 Å². The summed E-state index contributed by atoms with van der Waals surface area (Å²) in [5.41, 5.74) is -2.33. The highest BCUT2D eigenvalue weighted by atomic mass is 35.5. The molecule has 1 aromatic rings. The second-order valence-electron chi connectivity index (χ2n) is 3.96. The number of carboxylic acids is 1. The molecule has 2 amide bonds. The summed E-state index contributed by atoms with van der Waals surface area (Å²) >= 11 is 11.5. The first-order valence-corrected chi connectivity index (χ1v) is 5.76. The monoisotopic (exact) mass is 302 g/mol. The molecule has 0 N–H and O–H groups in total. The molecule has 0 radical (unpaired) electrons. The van der Waals surface area contributed by atoms with Crippen LogP contribution in [-0.2, 0) is 14.3 Å². The number of carbonyl (C=O) groups is 3. The fraction of sp³-hybridized carbons (Fsp3) is 0.182. The maximum atomic E-state index is 12.0. The van der Waals surface area contributed by atoms with E-state index in [1.807, 2.05) is 0 Å². The number of imide groups is 1. The van der Waals surface area contributed by atoms with Crippen molar-refractivity contribution < 1.29 is 24.2 Å². The summed E-state index contributed by atoms with van der Waals surface area (Å²) in [5.74, 6) is -2.88. The van der Waals surface area contributed by atoms with Crippen LogP contribution in [0.1, 0.15) is 6.92 Å². The molecule has 1 aliphatic rings. The Kier molecular flexibility index (Phi) is 3.15. The van der Waals surface area contributed by atoms with Gasteiger partial charge in [-0.3, -0.25) is 4.79 Å². The summed E-state index contributed by atoms with van der Waals surface area (Å²) in [4.78, 5) is 35.1. The van der Waals surface area contributed by atoms with Crippen molar-refractivity contribution in [2.75, 3.05) is 4.90 Å². The van der Waals surface area contributed by atoms with Crippen molar-refractivity contribution in [3.05, 3.63) is 28.2 Å². The Labute approximate surface area is 117 Å². The van der Waals surface area contributed by atoms with E-state index in [0.29, 0.717) is 4.90 Å². The van der Waals surface area contributed by atoms with Crippen LogP contribution in [0.2, 0.25) is 10.0 Å². The lowest BCUT2D eigenvalue weighted by Crippen LogP contribution is -2.52. The smallest absolute Gasteiger partial charge is 0.422 e. The summed E-state index contributed by atoms with van der Waals surface area (Å²) in [7, 11) is 0. The summed E-state index contributed by atoms with van der Waals surface area (Å²) in [6.45, 7) is 0.939. The highest BCUT2D eigenvalue weighted by Crippen LogP contribution is 2.32. The maximum Gasteiger partial charge on any atom is 0.422 e. The molecule has 1 aromatic carbocycles. The predicted molar refractivity (Wildman–Crippen MR) is 63.8 cm³/mol. The number of nitrogens with zero attached hydrogens (tertiary/aromatic N) is 1. The summed E-state index contributed by atoms with van der Waals surface area (Å²) < 4.78 is 4.56. The van der Waals surface area contributed by atoms with Crippen molar-refractivity contribution in [1.29, 1.82) is 0 Å². The van der Waals surface area contributed by atoms with Crippen molar-refractivity contribution in [3.63, 3.8) is 0 Å². The number of hydrogen-bond acceptors (Lipinski definition) is 5. The molecule has 0 bridgehead atoms. The molecule has 0 aromatic heterocycles. The lowest BCUT2D eigenvalue weighted by molar-refractivity contribution is -0.318. The first-order chi connectivity index (χ1) is 8.75. The van der Waals surface area contributed by atoms with Crippen LogP contribution in [-0.4, -0.2) is 23.6 Å². The van der Waals surface area contributed by atoms with E-state index in [1.165, 1.54) is 18.2 Å². The van der Waals surface area contributed by atoms with Crippen molar-refractivity contribution in [2.45, 2.75) is 12.5 Å². The number of benzene rings is 1. The van der Waals surface area contributed by atoms with Gasteiger partial charge in [-0.05, 0) is 25.1 Å². The normalized spacial score (nSPS) is 22.6. The van der Waals surface area contributed by atoms with E-state index in [1.54, 1.807) is 0 Å². The first-order valence-electron chi connectivity index (χ1n) is 5.01. The standard InChI is InChI=1S/C11H7Cl2NO5/c1-11(9(16)17)8(15)14(10(18)19-11)7-3-5(12)2-6(13)4-7/h2-4H,1H3,(H,16,17)/p-1. The van der Waals surface area contributed by atoms with E-state index in [4.69, 9.17) is 23.2 Å². The van der Waals surface area contributed by atoms with E-state index in [-0.39, 0.29) is 15.7 Å². The molecule has 0 aliphatic carbocycles. The van der Waals surface area contributed by atoms with Gasteiger partial charge in [0, 0.05) is 10.0 Å². The number of carbonyl (C=O) groups excluding carboxylic acids is 3. The molecule has 1 unspecified atom stereocenters. The van der Waals surface area contributed by atoms with Gasteiger partial charge in [-0.2, -0.15) is 0 Å². The Morgan fingerprint density at radius 3 is 2.21 bits per heavy atom. The molecular weight excluding hydrogens is 297 g/mol. The van der Waals surface area contributed by atoms with Gasteiger partial charge in [0.15, 0.2) is 0 Å². The van der Waals surface area contributed by atoms with Crippen molar-refractivity contribution in [1.82, 2.24) is 0 Å². The molecule has 1 saturated heterocycles. The molecule has 2 rings (SSSR count). The number of anilines is 1. The summed E-state index contributed by atoms with van der Waals surface area (Å²) in [6.07, 6.45) is -1.13. The van der Waals surface area contributed by atoms with Gasteiger partial charge in [0.25, 0.3) is 5.91 Å². The van der Waals surface area contributed by atoms with E-state index < -0.39 is 23.6 Å². The highest BCUT2D eigenvalue weighted by molar-refractivity contribution is 6.36. The minimum Gasteiger partial charge on any atom is -0.545 e. The number of ether oxygens (including phenoxy) is 1. The number of amides is 2. The molecule has 100 valence electrons. The second kappa shape index (κ2) is 4.40. The zero-order valence-corrected chi connectivity index (χ0v) is 11.0. The fourth-order valence-electron chi connectivity index (χ4n) is 1.58. The van der Waals surface area contributed by atoms with Crippen molar-refractivity contribution >= 4 is 46.9 Å². The Morgan fingerprint density at radius 1 is 1.26 bits per heavy atom. The van der Waals surface area contributed by atoms with Gasteiger partial charge >= 0.3 is 6.09 Å². The molecule has 0 saturated carbocycles. The number of carboxylic acid groups (broad SMARTS) is 1. The molecule has 0 spiro atoms. The molecule has 8 heteroatoms. The number of hydrogen-bond donors (Lipinski definition) is 0. The van der Waals surface area contributed by atoms with Gasteiger partial charge in [-0.15, -0.1) is 0 Å². The molecule has 1 heterocycles. The molecular formula is C11H6Cl2NO5-. The zero-order valence-electron chi connectivity index (χ0n) is 9.48. The molecule has 1 aliphatic heterocycles. The molecule has 19 heavy (non-hydrogen) atoms. The topological polar surface area (TPSA) is 86.7 Å². The van der Waals surface area contributed by atoms with Crippen LogP contribution in [0.15, 0.2) is 18.2 Å². The van der Waals surface area contributed by atoms with Crippen LogP contribution < -0.4 is 10.0 Å². The minimum atomic E-state index is -2.36. The second-order valence-corrected chi connectivity index (χ2v) is 4.83. The largest absolute Gasteiger partial charge is 0.545 e. The van der Waals surface area contributed by atoms with Crippen LogP contribution in [0, 0.1) is 0 Å². The van der Waals surface area contributed by atoms with E-state index >= 15 is 0 Å². The van der Waals surface area contributed by atoms with Gasteiger partial charge in [0.05, 0.1) is 11.7 Å². The maximum absolute atomic E-state index is 12.0. The third-order valence-electron chi connectivity index (χ3n) is 2.58. The lowest BCUT2D eigenvalue weighted by Gasteiger charge is -2.20. The average molecular weight is 303 g/mol. The molecule has 6 nitrogen and oxygen atoms in total. The Hall–Kier alpha value is -1.79. The Bertz CT molecular complexity index is 582. The third kappa shape index (κ3) is 2.13. The first kappa shape index (κ1) is 13.6. The number of cyclic esters (lactones) is 1. The van der Waals surface area contributed by atoms with E-state index in [9.17, 15) is 19.5 Å². The van der Waals surface area contributed by atoms with Gasteiger partial charge in [-0.25, -0.2) is 9.69 Å². The SMILES string of the molecule is CC1(C(=O)[O-])OC(=O)N(c2cc(Cl)cc(Cl)c2)C1=O. The fourth-order valence-corrected chi connectivity index (χ4v) is 2.09. The Morgan fingerprint density at radius 2 is 1.79 bits per heavy atom. The quantitative estimate of drug-likeness (QED) is 0.760. The number of aliphatic carboxylic acids is 1. The minimum absolute atomic E-state index is 0.0254. The van der Waals surface area contributed by atoms with Gasteiger partial charge in [0.1, 0.15) is 0 Å². The third-order valence-corrected chi connectivity index (χ3v) is 3.02. The predicted octanol–water partition coefficient (Wildman–Crippen LogP) is 0.985. The zero-order chi connectivity index (χ0) is 14.4.